The summed E-state index contributed by atoms with van der Waals surface area (Å²) in [5.41, 5.74) is 1.84. The predicted molar refractivity (Wildman–Crippen MR) is 87.1 cm³/mol. The van der Waals surface area contributed by atoms with Crippen molar-refractivity contribution in [1.82, 2.24) is 10.3 Å². The number of anilines is 1. The average molecular weight is 320 g/mol. The highest BCUT2D eigenvalue weighted by Crippen LogP contribution is 2.17. The molecular formula is C16H18ClN3O2. The number of hydrogen-bond donors (Lipinski definition) is 3. The topological polar surface area (TPSA) is 74.2 Å². The van der Waals surface area contributed by atoms with Crippen molar-refractivity contribution in [2.24, 2.45) is 0 Å². The van der Waals surface area contributed by atoms with Crippen molar-refractivity contribution in [3.8, 4) is 0 Å². The van der Waals surface area contributed by atoms with Gasteiger partial charge in [0.2, 0.25) is 0 Å². The first kappa shape index (κ1) is 16.3. The van der Waals surface area contributed by atoms with Gasteiger partial charge in [-0.15, -0.1) is 0 Å². The fourth-order valence-electron chi connectivity index (χ4n) is 1.93. The minimum atomic E-state index is -0.668. The van der Waals surface area contributed by atoms with E-state index in [1.54, 1.807) is 42.6 Å². The Bertz CT molecular complexity index is 632. The Morgan fingerprint density at radius 1 is 1.32 bits per heavy atom. The number of nitrogens with one attached hydrogen (secondary N) is 2. The molecule has 1 heterocycles. The van der Waals surface area contributed by atoms with E-state index >= 15 is 0 Å². The van der Waals surface area contributed by atoms with Crippen LogP contribution >= 0.6 is 11.6 Å². The van der Waals surface area contributed by atoms with E-state index in [-0.39, 0.29) is 5.91 Å². The standard InChI is InChI=1S/C16H18ClN3O2/c1-2-18-16(22)14-9-13(7-8-19-14)20-10-15(21)11-3-5-12(17)6-4-11/h3-9,15,21H,2,10H2,1H3,(H,18,22)(H,19,20). The summed E-state index contributed by atoms with van der Waals surface area (Å²) in [6.45, 7) is 2.72. The summed E-state index contributed by atoms with van der Waals surface area (Å²) in [6, 6.07) is 10.4. The maximum Gasteiger partial charge on any atom is 0.269 e. The van der Waals surface area contributed by atoms with Crippen LogP contribution in [0.4, 0.5) is 5.69 Å². The molecule has 0 aliphatic carbocycles. The smallest absolute Gasteiger partial charge is 0.269 e. The number of rotatable bonds is 6. The summed E-state index contributed by atoms with van der Waals surface area (Å²) >= 11 is 5.82. The number of carbonyl (C=O) groups is 1. The van der Waals surface area contributed by atoms with E-state index < -0.39 is 6.10 Å². The average Bonchev–Trinajstić information content (AvgIpc) is 2.54. The lowest BCUT2D eigenvalue weighted by molar-refractivity contribution is 0.0951. The van der Waals surface area contributed by atoms with E-state index in [9.17, 15) is 9.90 Å². The lowest BCUT2D eigenvalue weighted by Gasteiger charge is -2.13. The van der Waals surface area contributed by atoms with Crippen molar-refractivity contribution >= 4 is 23.2 Å². The largest absolute Gasteiger partial charge is 0.387 e. The lowest BCUT2D eigenvalue weighted by Crippen LogP contribution is -2.23. The number of amides is 1. The molecule has 0 saturated heterocycles. The van der Waals surface area contributed by atoms with Crippen LogP contribution in [0.5, 0.6) is 0 Å². The van der Waals surface area contributed by atoms with Gasteiger partial charge in [0.1, 0.15) is 5.69 Å². The van der Waals surface area contributed by atoms with Crippen LogP contribution in [0, 0.1) is 0 Å². The molecule has 0 bridgehead atoms. The molecule has 2 aromatic rings. The van der Waals surface area contributed by atoms with Crippen LogP contribution in [-0.2, 0) is 0 Å². The Balaban J connectivity index is 1.97. The third kappa shape index (κ3) is 4.44. The van der Waals surface area contributed by atoms with Gasteiger partial charge in [0, 0.05) is 30.0 Å². The maximum absolute atomic E-state index is 11.7. The fourth-order valence-corrected chi connectivity index (χ4v) is 2.06. The van der Waals surface area contributed by atoms with E-state index in [0.29, 0.717) is 23.8 Å². The minimum absolute atomic E-state index is 0.218. The summed E-state index contributed by atoms with van der Waals surface area (Å²) in [4.78, 5) is 15.7. The zero-order chi connectivity index (χ0) is 15.9. The Morgan fingerprint density at radius 2 is 2.05 bits per heavy atom. The Morgan fingerprint density at radius 3 is 2.73 bits per heavy atom. The minimum Gasteiger partial charge on any atom is -0.387 e. The molecule has 3 N–H and O–H groups in total. The van der Waals surface area contributed by atoms with E-state index in [1.165, 1.54) is 0 Å². The first-order valence-corrected chi connectivity index (χ1v) is 7.39. The van der Waals surface area contributed by atoms with E-state index in [4.69, 9.17) is 11.6 Å². The molecular weight excluding hydrogens is 302 g/mol. The summed E-state index contributed by atoms with van der Waals surface area (Å²) in [6.07, 6.45) is 0.889. The number of nitrogens with zero attached hydrogens (tertiary/aromatic N) is 1. The zero-order valence-electron chi connectivity index (χ0n) is 12.2. The van der Waals surface area contributed by atoms with Crippen molar-refractivity contribution in [3.05, 3.63) is 58.9 Å². The monoisotopic (exact) mass is 319 g/mol. The SMILES string of the molecule is CCNC(=O)c1cc(NCC(O)c2ccc(Cl)cc2)ccn1. The molecule has 0 radical (unpaired) electrons. The van der Waals surface area contributed by atoms with E-state index in [0.717, 1.165) is 11.3 Å². The van der Waals surface area contributed by atoms with Crippen LogP contribution in [0.25, 0.3) is 0 Å². The maximum atomic E-state index is 11.7. The van der Waals surface area contributed by atoms with Gasteiger partial charge in [-0.1, -0.05) is 23.7 Å². The summed E-state index contributed by atoms with van der Waals surface area (Å²) in [7, 11) is 0. The van der Waals surface area contributed by atoms with Crippen LogP contribution in [0.15, 0.2) is 42.6 Å². The Labute approximate surface area is 134 Å². The number of pyridine rings is 1. The molecule has 1 amide bonds. The highest BCUT2D eigenvalue weighted by molar-refractivity contribution is 6.30. The quantitative estimate of drug-likeness (QED) is 0.765. The van der Waals surface area contributed by atoms with Crippen molar-refractivity contribution < 1.29 is 9.90 Å². The van der Waals surface area contributed by atoms with Gasteiger partial charge in [0.25, 0.3) is 5.91 Å². The molecule has 6 heteroatoms. The van der Waals surface area contributed by atoms with Crippen LogP contribution in [0.3, 0.4) is 0 Å². The molecule has 5 nitrogen and oxygen atoms in total. The van der Waals surface area contributed by atoms with Gasteiger partial charge in [-0.3, -0.25) is 9.78 Å². The molecule has 0 spiro atoms. The van der Waals surface area contributed by atoms with E-state index in [2.05, 4.69) is 15.6 Å². The van der Waals surface area contributed by atoms with Crippen molar-refractivity contribution in [1.29, 1.82) is 0 Å². The normalized spacial score (nSPS) is 11.8. The second-order valence-electron chi connectivity index (χ2n) is 4.74. The molecule has 116 valence electrons. The molecule has 0 aliphatic heterocycles. The van der Waals surface area contributed by atoms with Crippen LogP contribution < -0.4 is 10.6 Å². The number of hydrogen-bond acceptors (Lipinski definition) is 4. The number of aliphatic hydroxyl groups excluding tert-OH is 1. The number of halogens is 1. The molecule has 1 atom stereocenters. The second kappa shape index (κ2) is 7.77. The third-order valence-electron chi connectivity index (χ3n) is 3.08. The van der Waals surface area contributed by atoms with Crippen molar-refractivity contribution in [3.63, 3.8) is 0 Å². The van der Waals surface area contributed by atoms with Crippen LogP contribution in [-0.4, -0.2) is 29.1 Å². The molecule has 0 fully saturated rings. The molecule has 2 rings (SSSR count). The highest BCUT2D eigenvalue weighted by Gasteiger charge is 2.09. The highest BCUT2D eigenvalue weighted by atomic mass is 35.5. The van der Waals surface area contributed by atoms with Crippen molar-refractivity contribution in [2.45, 2.75) is 13.0 Å². The number of benzene rings is 1. The van der Waals surface area contributed by atoms with Gasteiger partial charge < -0.3 is 15.7 Å². The van der Waals surface area contributed by atoms with Crippen LogP contribution in [0.1, 0.15) is 29.1 Å². The van der Waals surface area contributed by atoms with Gasteiger partial charge >= 0.3 is 0 Å². The van der Waals surface area contributed by atoms with Gasteiger partial charge in [0.05, 0.1) is 6.10 Å². The molecule has 0 saturated carbocycles. The number of aliphatic hydroxyl groups is 1. The summed E-state index contributed by atoms with van der Waals surface area (Å²) in [5.74, 6) is -0.218. The second-order valence-corrected chi connectivity index (χ2v) is 5.17. The summed E-state index contributed by atoms with van der Waals surface area (Å²) < 4.78 is 0. The van der Waals surface area contributed by atoms with Crippen molar-refractivity contribution in [2.75, 3.05) is 18.4 Å². The number of aromatic nitrogens is 1. The molecule has 1 aromatic carbocycles. The summed E-state index contributed by atoms with van der Waals surface area (Å²) in [5, 5.41) is 16.6. The lowest BCUT2D eigenvalue weighted by atomic mass is 10.1. The first-order chi connectivity index (χ1) is 10.6. The third-order valence-corrected chi connectivity index (χ3v) is 3.34. The van der Waals surface area contributed by atoms with Gasteiger partial charge in [-0.25, -0.2) is 0 Å². The Hall–Kier alpha value is -2.11. The zero-order valence-corrected chi connectivity index (χ0v) is 13.0. The Kier molecular flexibility index (Phi) is 5.75. The molecule has 1 aromatic heterocycles. The first-order valence-electron chi connectivity index (χ1n) is 7.01. The van der Waals surface area contributed by atoms with Gasteiger partial charge in [0.15, 0.2) is 0 Å². The molecule has 0 aliphatic rings. The molecule has 1 unspecified atom stereocenters. The number of carbonyl (C=O) groups excluding carboxylic acids is 1. The molecule has 22 heavy (non-hydrogen) atoms. The van der Waals surface area contributed by atoms with Crippen LogP contribution in [0.2, 0.25) is 5.02 Å². The fraction of sp³-hybridized carbons (Fsp3) is 0.250. The van der Waals surface area contributed by atoms with Gasteiger partial charge in [-0.05, 0) is 36.8 Å². The van der Waals surface area contributed by atoms with E-state index in [1.807, 2.05) is 6.92 Å². The predicted octanol–water partition coefficient (Wildman–Crippen LogP) is 2.63. The van der Waals surface area contributed by atoms with Gasteiger partial charge in [-0.2, -0.15) is 0 Å².